The van der Waals surface area contributed by atoms with Gasteiger partial charge in [0.05, 0.1) is 4.92 Å². The molecule has 1 rings (SSSR count). The molecule has 0 fully saturated rings. The van der Waals surface area contributed by atoms with Gasteiger partial charge in [-0.25, -0.2) is 0 Å². The summed E-state index contributed by atoms with van der Waals surface area (Å²) in [6.07, 6.45) is 1.99. The van der Waals surface area contributed by atoms with Crippen molar-refractivity contribution < 1.29 is 14.5 Å². The van der Waals surface area contributed by atoms with Gasteiger partial charge < -0.3 is 11.1 Å². The lowest BCUT2D eigenvalue weighted by atomic mass is 10.1. The zero-order valence-electron chi connectivity index (χ0n) is 11.2. The molecule has 2 amide bonds. The van der Waals surface area contributed by atoms with Crippen molar-refractivity contribution in [2.45, 2.75) is 32.2 Å². The van der Waals surface area contributed by atoms with E-state index < -0.39 is 22.8 Å². The Labute approximate surface area is 116 Å². The minimum atomic E-state index is -0.817. The molecule has 1 unspecified atom stereocenters. The molecule has 108 valence electrons. The average molecular weight is 279 g/mol. The van der Waals surface area contributed by atoms with Crippen molar-refractivity contribution >= 4 is 17.5 Å². The minimum Gasteiger partial charge on any atom is -0.368 e. The van der Waals surface area contributed by atoms with Crippen molar-refractivity contribution in [3.05, 3.63) is 39.9 Å². The number of nitrogens with zero attached hydrogens (tertiary/aromatic N) is 1. The number of rotatable bonds is 7. The summed E-state index contributed by atoms with van der Waals surface area (Å²) in [4.78, 5) is 33.5. The number of primary amides is 1. The number of hydrogen-bond acceptors (Lipinski definition) is 4. The first-order chi connectivity index (χ1) is 9.47. The predicted molar refractivity (Wildman–Crippen MR) is 73.1 cm³/mol. The van der Waals surface area contributed by atoms with Crippen LogP contribution < -0.4 is 11.1 Å². The van der Waals surface area contributed by atoms with Gasteiger partial charge in [-0.2, -0.15) is 0 Å². The molecule has 7 heteroatoms. The predicted octanol–water partition coefficient (Wildman–Crippen LogP) is 1.37. The third-order valence-corrected chi connectivity index (χ3v) is 2.84. The monoisotopic (exact) mass is 279 g/mol. The molecular formula is C13H17N3O4. The Hall–Kier alpha value is -2.44. The highest BCUT2D eigenvalue weighted by atomic mass is 16.6. The van der Waals surface area contributed by atoms with E-state index in [0.29, 0.717) is 6.42 Å². The fourth-order valence-electron chi connectivity index (χ4n) is 1.75. The summed E-state index contributed by atoms with van der Waals surface area (Å²) in [7, 11) is 0. The summed E-state index contributed by atoms with van der Waals surface area (Å²) < 4.78 is 0. The van der Waals surface area contributed by atoms with Crippen molar-refractivity contribution in [2.24, 2.45) is 5.73 Å². The van der Waals surface area contributed by atoms with Gasteiger partial charge in [-0.05, 0) is 12.5 Å². The second-order valence-electron chi connectivity index (χ2n) is 4.34. The Morgan fingerprint density at radius 2 is 2.05 bits per heavy atom. The summed E-state index contributed by atoms with van der Waals surface area (Å²) in [5, 5.41) is 13.3. The van der Waals surface area contributed by atoms with E-state index in [9.17, 15) is 19.7 Å². The fraction of sp³-hybridized carbons (Fsp3) is 0.385. The van der Waals surface area contributed by atoms with Crippen LogP contribution in [-0.4, -0.2) is 22.8 Å². The summed E-state index contributed by atoms with van der Waals surface area (Å²) in [6.45, 7) is 1.95. The van der Waals surface area contributed by atoms with Crippen LogP contribution in [0.25, 0.3) is 0 Å². The molecule has 0 heterocycles. The molecular weight excluding hydrogens is 262 g/mol. The van der Waals surface area contributed by atoms with Crippen molar-refractivity contribution in [3.63, 3.8) is 0 Å². The molecule has 1 aromatic carbocycles. The third-order valence-electron chi connectivity index (χ3n) is 2.84. The fourth-order valence-corrected chi connectivity index (χ4v) is 1.75. The van der Waals surface area contributed by atoms with Gasteiger partial charge in [-0.3, -0.25) is 19.7 Å². The van der Waals surface area contributed by atoms with Crippen molar-refractivity contribution in [1.29, 1.82) is 0 Å². The number of amides is 2. The van der Waals surface area contributed by atoms with Crippen LogP contribution in [0, 0.1) is 10.1 Å². The summed E-state index contributed by atoms with van der Waals surface area (Å²) in [5.41, 5.74) is 4.83. The van der Waals surface area contributed by atoms with E-state index >= 15 is 0 Å². The molecule has 0 radical (unpaired) electrons. The summed E-state index contributed by atoms with van der Waals surface area (Å²) >= 11 is 0. The highest BCUT2D eigenvalue weighted by Crippen LogP contribution is 2.17. The Morgan fingerprint density at radius 1 is 1.40 bits per heavy atom. The van der Waals surface area contributed by atoms with Crippen LogP contribution in [0.4, 0.5) is 5.69 Å². The van der Waals surface area contributed by atoms with Crippen LogP contribution in [0.3, 0.4) is 0 Å². The molecule has 0 bridgehead atoms. The molecule has 20 heavy (non-hydrogen) atoms. The number of nitro groups is 1. The molecule has 0 spiro atoms. The van der Waals surface area contributed by atoms with Gasteiger partial charge in [0.15, 0.2) is 0 Å². The summed E-state index contributed by atoms with van der Waals surface area (Å²) in [5.74, 6) is -1.32. The van der Waals surface area contributed by atoms with Crippen LogP contribution in [0.15, 0.2) is 24.3 Å². The smallest absolute Gasteiger partial charge is 0.282 e. The minimum absolute atomic E-state index is 0.0831. The molecule has 0 saturated carbocycles. The Morgan fingerprint density at radius 3 is 2.60 bits per heavy atom. The third kappa shape index (κ3) is 4.04. The van der Waals surface area contributed by atoms with E-state index in [2.05, 4.69) is 5.32 Å². The van der Waals surface area contributed by atoms with Crippen molar-refractivity contribution in [1.82, 2.24) is 5.32 Å². The van der Waals surface area contributed by atoms with Crippen molar-refractivity contribution in [2.75, 3.05) is 0 Å². The van der Waals surface area contributed by atoms with E-state index in [1.54, 1.807) is 0 Å². The number of carbonyl (C=O) groups is 2. The second-order valence-corrected chi connectivity index (χ2v) is 4.34. The molecule has 0 aliphatic carbocycles. The Kier molecular flexibility index (Phi) is 5.64. The topological polar surface area (TPSA) is 115 Å². The van der Waals surface area contributed by atoms with Gasteiger partial charge >= 0.3 is 0 Å². The van der Waals surface area contributed by atoms with E-state index in [-0.39, 0.29) is 11.3 Å². The summed E-state index contributed by atoms with van der Waals surface area (Å²) in [6, 6.07) is 4.75. The molecule has 0 aliphatic heterocycles. The zero-order chi connectivity index (χ0) is 15.1. The standard InChI is InChI=1S/C13H17N3O4/c1-2-3-7-10(12(14)17)15-13(18)9-6-4-5-8-11(9)16(19)20/h4-6,8,10H,2-3,7H2,1H3,(H2,14,17)(H,15,18). The van der Waals surface area contributed by atoms with Gasteiger partial charge in [-0.15, -0.1) is 0 Å². The molecule has 3 N–H and O–H groups in total. The largest absolute Gasteiger partial charge is 0.368 e. The number of unbranched alkanes of at least 4 members (excludes halogenated alkanes) is 1. The van der Waals surface area contributed by atoms with Crippen molar-refractivity contribution in [3.8, 4) is 0 Å². The quantitative estimate of drug-likeness (QED) is 0.579. The van der Waals surface area contributed by atoms with Crippen LogP contribution in [0.2, 0.25) is 0 Å². The highest BCUT2D eigenvalue weighted by molar-refractivity contribution is 6.00. The number of nitro benzene ring substituents is 1. The maximum Gasteiger partial charge on any atom is 0.282 e. The van der Waals surface area contributed by atoms with Gasteiger partial charge in [0.25, 0.3) is 11.6 Å². The second kappa shape index (κ2) is 7.22. The first kappa shape index (κ1) is 15.6. The Bertz CT molecular complexity index is 516. The van der Waals surface area contributed by atoms with E-state index in [1.807, 2.05) is 6.92 Å². The van der Waals surface area contributed by atoms with Gasteiger partial charge in [0, 0.05) is 6.07 Å². The van der Waals surface area contributed by atoms with Crippen LogP contribution in [0.1, 0.15) is 36.5 Å². The number of hydrogen-bond donors (Lipinski definition) is 2. The van der Waals surface area contributed by atoms with E-state index in [0.717, 1.165) is 12.8 Å². The van der Waals surface area contributed by atoms with Crippen LogP contribution in [0.5, 0.6) is 0 Å². The molecule has 1 atom stereocenters. The van der Waals surface area contributed by atoms with Gasteiger partial charge in [0.1, 0.15) is 11.6 Å². The maximum atomic E-state index is 12.0. The van der Waals surface area contributed by atoms with E-state index in [1.165, 1.54) is 24.3 Å². The first-order valence-electron chi connectivity index (χ1n) is 6.31. The van der Waals surface area contributed by atoms with Gasteiger partial charge in [-0.1, -0.05) is 31.9 Å². The number of nitrogens with one attached hydrogen (secondary N) is 1. The average Bonchev–Trinajstić information content (AvgIpc) is 2.42. The molecule has 0 aromatic heterocycles. The number of benzene rings is 1. The lowest BCUT2D eigenvalue weighted by Crippen LogP contribution is -2.44. The number of carbonyl (C=O) groups excluding carboxylic acids is 2. The lowest BCUT2D eigenvalue weighted by Gasteiger charge is -2.15. The first-order valence-corrected chi connectivity index (χ1v) is 6.31. The molecule has 7 nitrogen and oxygen atoms in total. The van der Waals surface area contributed by atoms with Gasteiger partial charge in [0.2, 0.25) is 5.91 Å². The van der Waals surface area contributed by atoms with E-state index in [4.69, 9.17) is 5.73 Å². The van der Waals surface area contributed by atoms with Crippen LogP contribution >= 0.6 is 0 Å². The number of para-hydroxylation sites is 1. The normalized spacial score (nSPS) is 11.7. The molecule has 0 saturated heterocycles. The lowest BCUT2D eigenvalue weighted by molar-refractivity contribution is -0.385. The zero-order valence-corrected chi connectivity index (χ0v) is 11.2. The molecule has 1 aromatic rings. The molecule has 0 aliphatic rings. The number of nitrogens with two attached hydrogens (primary N) is 1. The maximum absolute atomic E-state index is 12.0. The Balaban J connectivity index is 2.89. The SMILES string of the molecule is CCCCC(NC(=O)c1ccccc1[N+](=O)[O-])C(N)=O. The van der Waals surface area contributed by atoms with Crippen LogP contribution in [-0.2, 0) is 4.79 Å². The highest BCUT2D eigenvalue weighted by Gasteiger charge is 2.23.